The lowest BCUT2D eigenvalue weighted by atomic mass is 10.0. The quantitative estimate of drug-likeness (QED) is 0.697. The van der Waals surface area contributed by atoms with Crippen LogP contribution in [0.15, 0.2) is 16.7 Å². The summed E-state index contributed by atoms with van der Waals surface area (Å²) in [6, 6.07) is 2.01. The zero-order valence-electron chi connectivity index (χ0n) is 6.76. The molecule has 1 heterocycles. The normalized spacial score (nSPS) is 20.2. The molecule has 2 N–H and O–H groups in total. The molecular weight excluding hydrogens is 138 g/mol. The Morgan fingerprint density at radius 1 is 1.64 bits per heavy atom. The van der Waals surface area contributed by atoms with Gasteiger partial charge in [0.2, 0.25) is 0 Å². The molecule has 2 nitrogen and oxygen atoms in total. The maximum absolute atomic E-state index is 5.67. The van der Waals surface area contributed by atoms with Crippen LogP contribution in [0.25, 0.3) is 0 Å². The number of nitrogens with two attached hydrogens (primary N) is 1. The number of hydrogen-bond donors (Lipinski definition) is 1. The van der Waals surface area contributed by atoms with E-state index in [-0.39, 0.29) is 5.41 Å². The van der Waals surface area contributed by atoms with Crippen molar-refractivity contribution < 1.29 is 4.42 Å². The molecule has 0 aromatic carbocycles. The topological polar surface area (TPSA) is 39.2 Å². The molecule has 1 fully saturated rings. The molecule has 0 amide bonds. The fourth-order valence-corrected chi connectivity index (χ4v) is 1.59. The summed E-state index contributed by atoms with van der Waals surface area (Å²) in [5, 5.41) is 0. The highest BCUT2D eigenvalue weighted by molar-refractivity contribution is 5.30. The lowest BCUT2D eigenvalue weighted by Gasteiger charge is -2.08. The highest BCUT2D eigenvalue weighted by atomic mass is 16.3. The van der Waals surface area contributed by atoms with Crippen LogP contribution in [0, 0.1) is 6.92 Å². The van der Waals surface area contributed by atoms with E-state index in [9.17, 15) is 0 Å². The zero-order valence-corrected chi connectivity index (χ0v) is 6.76. The first kappa shape index (κ1) is 6.92. The third-order valence-corrected chi connectivity index (χ3v) is 2.59. The summed E-state index contributed by atoms with van der Waals surface area (Å²) < 4.78 is 5.40. The van der Waals surface area contributed by atoms with Crippen molar-refractivity contribution in [2.45, 2.75) is 25.2 Å². The van der Waals surface area contributed by atoms with Crippen LogP contribution < -0.4 is 5.73 Å². The van der Waals surface area contributed by atoms with E-state index >= 15 is 0 Å². The van der Waals surface area contributed by atoms with Crippen LogP contribution in [0.2, 0.25) is 0 Å². The fourth-order valence-electron chi connectivity index (χ4n) is 1.59. The predicted molar refractivity (Wildman–Crippen MR) is 43.4 cm³/mol. The molecule has 60 valence electrons. The van der Waals surface area contributed by atoms with Gasteiger partial charge in [-0.1, -0.05) is 0 Å². The maximum Gasteiger partial charge on any atom is 0.114 e. The van der Waals surface area contributed by atoms with Gasteiger partial charge in [0.05, 0.1) is 6.26 Å². The predicted octanol–water partition coefficient (Wildman–Crippen LogP) is 1.58. The summed E-state index contributed by atoms with van der Waals surface area (Å²) in [5.41, 5.74) is 7.13. The summed E-state index contributed by atoms with van der Waals surface area (Å²) in [4.78, 5) is 0. The fraction of sp³-hybridized carbons (Fsp3) is 0.556. The highest BCUT2D eigenvalue weighted by Crippen LogP contribution is 2.48. The van der Waals surface area contributed by atoms with E-state index in [1.807, 2.05) is 6.07 Å². The Bertz CT molecular complexity index is 260. The van der Waals surface area contributed by atoms with E-state index in [0.717, 1.165) is 12.3 Å². The number of furan rings is 1. The monoisotopic (exact) mass is 151 g/mol. The molecule has 0 atom stereocenters. The molecule has 1 aromatic rings. The molecule has 0 unspecified atom stereocenters. The molecule has 0 bridgehead atoms. The van der Waals surface area contributed by atoms with Crippen molar-refractivity contribution >= 4 is 0 Å². The molecule has 11 heavy (non-hydrogen) atoms. The first-order valence-corrected chi connectivity index (χ1v) is 4.03. The minimum atomic E-state index is 0.216. The average molecular weight is 151 g/mol. The molecule has 1 saturated carbocycles. The lowest BCUT2D eigenvalue weighted by Crippen LogP contribution is -2.19. The largest absolute Gasteiger partial charge is 0.468 e. The molecule has 1 aliphatic carbocycles. The summed E-state index contributed by atoms with van der Waals surface area (Å²) >= 11 is 0. The second kappa shape index (κ2) is 2.11. The van der Waals surface area contributed by atoms with Gasteiger partial charge in [-0.2, -0.15) is 0 Å². The Hall–Kier alpha value is -0.760. The van der Waals surface area contributed by atoms with Crippen molar-refractivity contribution in [1.29, 1.82) is 0 Å². The van der Waals surface area contributed by atoms with Crippen LogP contribution in [-0.2, 0) is 5.41 Å². The van der Waals surface area contributed by atoms with E-state index < -0.39 is 0 Å². The molecule has 0 spiro atoms. The van der Waals surface area contributed by atoms with Crippen LogP contribution in [0.1, 0.15) is 24.2 Å². The second-order valence-corrected chi connectivity index (χ2v) is 3.42. The van der Waals surface area contributed by atoms with Gasteiger partial charge in [-0.25, -0.2) is 0 Å². The summed E-state index contributed by atoms with van der Waals surface area (Å²) in [5.74, 6) is 1.11. The van der Waals surface area contributed by atoms with Crippen molar-refractivity contribution in [3.05, 3.63) is 23.7 Å². The Kier molecular flexibility index (Phi) is 1.33. The minimum Gasteiger partial charge on any atom is -0.468 e. The standard InChI is InChI=1S/C9H13NO/c1-7-2-5-11-8(7)9(6-10)3-4-9/h2,5H,3-4,6,10H2,1H3. The molecule has 2 heteroatoms. The van der Waals surface area contributed by atoms with E-state index in [1.54, 1.807) is 6.26 Å². The first-order chi connectivity index (χ1) is 5.28. The Balaban J connectivity index is 2.35. The van der Waals surface area contributed by atoms with Gasteiger partial charge in [0.25, 0.3) is 0 Å². The van der Waals surface area contributed by atoms with Gasteiger partial charge >= 0.3 is 0 Å². The Morgan fingerprint density at radius 3 is 2.73 bits per heavy atom. The lowest BCUT2D eigenvalue weighted by molar-refractivity contribution is 0.451. The van der Waals surface area contributed by atoms with Crippen LogP contribution in [0.5, 0.6) is 0 Å². The van der Waals surface area contributed by atoms with Crippen molar-refractivity contribution in [3.8, 4) is 0 Å². The van der Waals surface area contributed by atoms with Crippen molar-refractivity contribution in [1.82, 2.24) is 0 Å². The average Bonchev–Trinajstić information content (AvgIpc) is 2.70. The minimum absolute atomic E-state index is 0.216. The van der Waals surface area contributed by atoms with Gasteiger partial charge in [-0.3, -0.25) is 0 Å². The molecule has 0 radical (unpaired) electrons. The van der Waals surface area contributed by atoms with Crippen molar-refractivity contribution in [3.63, 3.8) is 0 Å². The molecule has 1 aliphatic rings. The zero-order chi connectivity index (χ0) is 7.90. The van der Waals surface area contributed by atoms with Crippen LogP contribution in [0.3, 0.4) is 0 Å². The molecular formula is C9H13NO. The molecule has 2 rings (SSSR count). The van der Waals surface area contributed by atoms with Gasteiger partial charge in [0.15, 0.2) is 0 Å². The van der Waals surface area contributed by atoms with E-state index in [4.69, 9.17) is 10.2 Å². The maximum atomic E-state index is 5.67. The first-order valence-electron chi connectivity index (χ1n) is 4.03. The summed E-state index contributed by atoms with van der Waals surface area (Å²) in [6.07, 6.45) is 4.14. The van der Waals surface area contributed by atoms with E-state index in [2.05, 4.69) is 6.92 Å². The SMILES string of the molecule is Cc1ccoc1C1(CN)CC1. The molecule has 0 saturated heterocycles. The van der Waals surface area contributed by atoms with E-state index in [1.165, 1.54) is 18.4 Å². The second-order valence-electron chi connectivity index (χ2n) is 3.42. The third kappa shape index (κ3) is 0.897. The summed E-state index contributed by atoms with van der Waals surface area (Å²) in [7, 11) is 0. The Morgan fingerprint density at radius 2 is 2.36 bits per heavy atom. The van der Waals surface area contributed by atoms with Crippen molar-refractivity contribution in [2.24, 2.45) is 5.73 Å². The van der Waals surface area contributed by atoms with Gasteiger partial charge in [-0.05, 0) is 31.4 Å². The number of aryl methyl sites for hydroxylation is 1. The Labute approximate surface area is 66.4 Å². The molecule has 1 aromatic heterocycles. The van der Waals surface area contributed by atoms with E-state index in [0.29, 0.717) is 0 Å². The van der Waals surface area contributed by atoms with Crippen LogP contribution in [-0.4, -0.2) is 6.54 Å². The van der Waals surface area contributed by atoms with Gasteiger partial charge in [0, 0.05) is 12.0 Å². The highest BCUT2D eigenvalue weighted by Gasteiger charge is 2.46. The number of rotatable bonds is 2. The van der Waals surface area contributed by atoms with Crippen LogP contribution >= 0.6 is 0 Å². The van der Waals surface area contributed by atoms with Gasteiger partial charge in [-0.15, -0.1) is 0 Å². The third-order valence-electron chi connectivity index (χ3n) is 2.59. The number of hydrogen-bond acceptors (Lipinski definition) is 2. The summed E-state index contributed by atoms with van der Waals surface area (Å²) in [6.45, 7) is 2.80. The molecule has 0 aliphatic heterocycles. The van der Waals surface area contributed by atoms with Gasteiger partial charge in [0.1, 0.15) is 5.76 Å². The van der Waals surface area contributed by atoms with Crippen LogP contribution in [0.4, 0.5) is 0 Å². The van der Waals surface area contributed by atoms with Gasteiger partial charge < -0.3 is 10.2 Å². The smallest absolute Gasteiger partial charge is 0.114 e. The van der Waals surface area contributed by atoms with Crippen molar-refractivity contribution in [2.75, 3.05) is 6.54 Å².